The van der Waals surface area contributed by atoms with E-state index in [0.717, 1.165) is 73.4 Å². The average molecular weight is 517 g/mol. The number of nitrogens with zero attached hydrogens (tertiary/aromatic N) is 3. The van der Waals surface area contributed by atoms with E-state index in [1.165, 1.54) is 18.7 Å². The van der Waals surface area contributed by atoms with Crippen LogP contribution in [-0.4, -0.2) is 66.8 Å². The smallest absolute Gasteiger partial charge is 0.256 e. The highest BCUT2D eigenvalue weighted by atomic mass is 19.1. The van der Waals surface area contributed by atoms with Gasteiger partial charge in [0.1, 0.15) is 11.6 Å². The van der Waals surface area contributed by atoms with Crippen LogP contribution in [0.1, 0.15) is 21.5 Å². The third-order valence-electron chi connectivity index (χ3n) is 7.44. The lowest BCUT2D eigenvalue weighted by atomic mass is 10.0. The molecule has 4 aromatic rings. The summed E-state index contributed by atoms with van der Waals surface area (Å²) in [6.07, 6.45) is 0.358. The van der Waals surface area contributed by atoms with E-state index in [0.29, 0.717) is 23.4 Å². The van der Waals surface area contributed by atoms with E-state index in [4.69, 9.17) is 0 Å². The van der Waals surface area contributed by atoms with E-state index in [1.807, 2.05) is 42.5 Å². The first-order chi connectivity index (χ1) is 18.5. The van der Waals surface area contributed by atoms with Gasteiger partial charge in [-0.25, -0.2) is 8.78 Å². The van der Waals surface area contributed by atoms with Crippen LogP contribution in [0, 0.1) is 17.6 Å². The molecule has 3 heterocycles. The summed E-state index contributed by atoms with van der Waals surface area (Å²) in [7, 11) is 0. The van der Waals surface area contributed by atoms with Crippen LogP contribution in [0.4, 0.5) is 20.3 Å². The largest absolute Gasteiger partial charge is 0.369 e. The van der Waals surface area contributed by atoms with E-state index in [9.17, 15) is 13.6 Å². The van der Waals surface area contributed by atoms with Gasteiger partial charge in [-0.05, 0) is 72.0 Å². The highest BCUT2D eigenvalue weighted by Crippen LogP contribution is 2.25. The third-order valence-corrected chi connectivity index (χ3v) is 7.44. The van der Waals surface area contributed by atoms with Crippen molar-refractivity contribution in [3.8, 4) is 0 Å². The zero-order valence-corrected chi connectivity index (χ0v) is 21.0. The molecule has 0 atom stereocenters. The molecule has 9 heteroatoms. The monoisotopic (exact) mass is 516 g/mol. The molecule has 7 nitrogen and oxygen atoms in total. The fourth-order valence-electron chi connectivity index (χ4n) is 5.25. The minimum atomic E-state index is -0.604. The number of aromatic nitrogens is 2. The summed E-state index contributed by atoms with van der Waals surface area (Å²) in [6.45, 7) is 7.52. The van der Waals surface area contributed by atoms with Gasteiger partial charge in [-0.15, -0.1) is 0 Å². The standard InChI is InChI=1S/C29H30F2N6O/c30-23-12-20(13-24(31)15-23)11-19-1-6-27-26(14-19)28(35-34-27)33-29(38)22-2-4-25(5-3-22)37-9-7-36(8-10-37)18-21-16-32-17-21/h1-6,12-15,21,32H,7-11,16-18H2,(H2,33,34,35,38). The summed E-state index contributed by atoms with van der Waals surface area (Å²) in [5, 5.41) is 14.2. The number of amides is 1. The lowest BCUT2D eigenvalue weighted by molar-refractivity contribution is 0.102. The Kier molecular flexibility index (Phi) is 6.78. The summed E-state index contributed by atoms with van der Waals surface area (Å²) in [4.78, 5) is 17.9. The number of aromatic amines is 1. The van der Waals surface area contributed by atoms with Crippen molar-refractivity contribution in [3.63, 3.8) is 0 Å². The molecule has 0 radical (unpaired) electrons. The Hall–Kier alpha value is -3.82. The Balaban J connectivity index is 1.10. The minimum absolute atomic E-state index is 0.249. The van der Waals surface area contributed by atoms with E-state index in [1.54, 1.807) is 0 Å². The normalized spacial score (nSPS) is 16.5. The molecule has 2 fully saturated rings. The first-order valence-electron chi connectivity index (χ1n) is 13.0. The maximum absolute atomic E-state index is 13.6. The molecular formula is C29H30F2N6O. The van der Waals surface area contributed by atoms with Crippen LogP contribution in [0.3, 0.4) is 0 Å². The zero-order chi connectivity index (χ0) is 26.1. The number of fused-ring (bicyclic) bond motifs is 1. The van der Waals surface area contributed by atoms with Crippen LogP contribution >= 0.6 is 0 Å². The van der Waals surface area contributed by atoms with Crippen LogP contribution in [0.25, 0.3) is 10.9 Å². The molecule has 196 valence electrons. The van der Waals surface area contributed by atoms with Crippen molar-refractivity contribution in [2.24, 2.45) is 5.92 Å². The van der Waals surface area contributed by atoms with Crippen LogP contribution in [-0.2, 0) is 6.42 Å². The summed E-state index contributed by atoms with van der Waals surface area (Å²) < 4.78 is 27.2. The Labute approximate surface area is 219 Å². The van der Waals surface area contributed by atoms with Gasteiger partial charge in [0.2, 0.25) is 0 Å². The van der Waals surface area contributed by atoms with Gasteiger partial charge in [-0.1, -0.05) is 6.07 Å². The molecule has 2 saturated heterocycles. The molecule has 3 N–H and O–H groups in total. The molecule has 1 amide bonds. The molecule has 1 aromatic heterocycles. The van der Waals surface area contributed by atoms with Crippen molar-refractivity contribution in [1.29, 1.82) is 0 Å². The van der Waals surface area contributed by atoms with Crippen LogP contribution in [0.2, 0.25) is 0 Å². The van der Waals surface area contributed by atoms with Crippen molar-refractivity contribution in [3.05, 3.63) is 89.0 Å². The highest BCUT2D eigenvalue weighted by molar-refractivity contribution is 6.08. The molecule has 38 heavy (non-hydrogen) atoms. The number of halogens is 2. The lowest BCUT2D eigenvalue weighted by Gasteiger charge is -2.39. The molecule has 0 spiro atoms. The Bertz CT molecular complexity index is 1420. The van der Waals surface area contributed by atoms with Gasteiger partial charge < -0.3 is 15.5 Å². The summed E-state index contributed by atoms with van der Waals surface area (Å²) in [5.41, 5.74) is 3.82. The van der Waals surface area contributed by atoms with Gasteiger partial charge in [0.05, 0.1) is 5.52 Å². The van der Waals surface area contributed by atoms with E-state index < -0.39 is 11.6 Å². The Morgan fingerprint density at radius 1 is 0.921 bits per heavy atom. The highest BCUT2D eigenvalue weighted by Gasteiger charge is 2.23. The molecule has 0 bridgehead atoms. The molecule has 0 unspecified atom stereocenters. The maximum Gasteiger partial charge on any atom is 0.256 e. The van der Waals surface area contributed by atoms with Gasteiger partial charge in [0.25, 0.3) is 5.91 Å². The zero-order valence-electron chi connectivity index (χ0n) is 21.0. The molecule has 2 aliphatic heterocycles. The number of hydrogen-bond acceptors (Lipinski definition) is 5. The van der Waals surface area contributed by atoms with Gasteiger partial charge in [-0.3, -0.25) is 14.8 Å². The summed E-state index contributed by atoms with van der Waals surface area (Å²) in [5.74, 6) is -0.254. The Morgan fingerprint density at radius 3 is 2.34 bits per heavy atom. The fourth-order valence-corrected chi connectivity index (χ4v) is 5.25. The number of anilines is 2. The number of carbonyl (C=O) groups excluding carboxylic acids is 1. The number of H-pyrrole nitrogens is 1. The molecule has 6 rings (SSSR count). The average Bonchev–Trinajstić information content (AvgIpc) is 3.28. The second-order valence-electron chi connectivity index (χ2n) is 10.2. The summed E-state index contributed by atoms with van der Waals surface area (Å²) in [6, 6.07) is 16.8. The van der Waals surface area contributed by atoms with Crippen molar-refractivity contribution in [1.82, 2.24) is 20.4 Å². The first kappa shape index (κ1) is 24.5. The SMILES string of the molecule is O=C(Nc1n[nH]c2ccc(Cc3cc(F)cc(F)c3)cc12)c1ccc(N2CCN(CC3CNC3)CC2)cc1. The van der Waals surface area contributed by atoms with Crippen molar-refractivity contribution >= 4 is 28.3 Å². The van der Waals surface area contributed by atoms with Crippen molar-refractivity contribution < 1.29 is 13.6 Å². The van der Waals surface area contributed by atoms with Crippen molar-refractivity contribution in [2.45, 2.75) is 6.42 Å². The number of nitrogens with one attached hydrogen (secondary N) is 3. The fraction of sp³-hybridized carbons (Fsp3) is 0.310. The van der Waals surface area contributed by atoms with E-state index >= 15 is 0 Å². The quantitative estimate of drug-likeness (QED) is 0.346. The van der Waals surface area contributed by atoms with Crippen LogP contribution in [0.5, 0.6) is 0 Å². The van der Waals surface area contributed by atoms with Gasteiger partial charge in [0, 0.05) is 68.5 Å². The van der Waals surface area contributed by atoms with Gasteiger partial charge >= 0.3 is 0 Å². The molecule has 2 aliphatic rings. The maximum atomic E-state index is 13.6. The van der Waals surface area contributed by atoms with Crippen LogP contribution in [0.15, 0.2) is 60.7 Å². The van der Waals surface area contributed by atoms with Gasteiger partial charge in [0.15, 0.2) is 5.82 Å². The topological polar surface area (TPSA) is 76.3 Å². The molecule has 0 saturated carbocycles. The lowest BCUT2D eigenvalue weighted by Crippen LogP contribution is -2.53. The number of rotatable bonds is 7. The predicted octanol–water partition coefficient (Wildman–Crippen LogP) is 4.03. The molecular weight excluding hydrogens is 486 g/mol. The first-order valence-corrected chi connectivity index (χ1v) is 13.0. The number of piperazine rings is 1. The second-order valence-corrected chi connectivity index (χ2v) is 10.2. The Morgan fingerprint density at radius 2 is 1.66 bits per heavy atom. The van der Waals surface area contributed by atoms with Crippen molar-refractivity contribution in [2.75, 3.05) is 56.0 Å². The third kappa shape index (κ3) is 5.39. The number of hydrogen-bond donors (Lipinski definition) is 3. The van der Waals surface area contributed by atoms with E-state index in [-0.39, 0.29) is 5.91 Å². The molecule has 3 aromatic carbocycles. The molecule has 0 aliphatic carbocycles. The number of carbonyl (C=O) groups is 1. The van der Waals surface area contributed by atoms with Crippen LogP contribution < -0.4 is 15.5 Å². The minimum Gasteiger partial charge on any atom is -0.369 e. The summed E-state index contributed by atoms with van der Waals surface area (Å²) >= 11 is 0. The second kappa shape index (κ2) is 10.5. The predicted molar refractivity (Wildman–Crippen MR) is 145 cm³/mol. The van der Waals surface area contributed by atoms with Gasteiger partial charge in [-0.2, -0.15) is 5.10 Å². The van der Waals surface area contributed by atoms with E-state index in [2.05, 4.69) is 30.6 Å². The number of benzene rings is 3.